The highest BCUT2D eigenvalue weighted by Crippen LogP contribution is 2.18. The predicted octanol–water partition coefficient (Wildman–Crippen LogP) is 0.858. The first kappa shape index (κ1) is 18.4. The van der Waals surface area contributed by atoms with Gasteiger partial charge in [0.1, 0.15) is 0 Å². The summed E-state index contributed by atoms with van der Waals surface area (Å²) in [5.74, 6) is -1.17. The van der Waals surface area contributed by atoms with Gasteiger partial charge < -0.3 is 10.0 Å². The van der Waals surface area contributed by atoms with Crippen LogP contribution in [0, 0.1) is 0 Å². The van der Waals surface area contributed by atoms with Crippen LogP contribution in [0.5, 0.6) is 0 Å². The van der Waals surface area contributed by atoms with Gasteiger partial charge in [-0.2, -0.15) is 0 Å². The zero-order chi connectivity index (χ0) is 17.7. The number of aryl methyl sites for hydroxylation is 1. The van der Waals surface area contributed by atoms with E-state index in [1.807, 2.05) is 0 Å². The smallest absolute Gasteiger partial charge is 0.335 e. The average molecular weight is 354 g/mol. The molecule has 1 fully saturated rings. The number of sulfonamides is 1. The first-order valence-corrected chi connectivity index (χ1v) is 9.47. The number of hydrogen-bond donors (Lipinski definition) is 2. The van der Waals surface area contributed by atoms with Crippen molar-refractivity contribution in [2.75, 3.05) is 19.6 Å². The van der Waals surface area contributed by atoms with Gasteiger partial charge in [0.15, 0.2) is 0 Å². The number of carbonyl (C=O) groups excluding carboxylic acids is 1. The van der Waals surface area contributed by atoms with Crippen LogP contribution < -0.4 is 4.72 Å². The Hall–Kier alpha value is -1.93. The van der Waals surface area contributed by atoms with E-state index in [9.17, 15) is 18.0 Å². The van der Waals surface area contributed by atoms with E-state index in [0.29, 0.717) is 31.5 Å². The van der Waals surface area contributed by atoms with E-state index in [1.54, 1.807) is 30.0 Å². The van der Waals surface area contributed by atoms with Crippen LogP contribution in [0.1, 0.15) is 35.7 Å². The standard InChI is InChI=1S/C16H22N2O5S/c1-2-17-24(22,23)13-9-10-18(11-13)15(19)8-7-12-5-3-4-6-14(12)16(20)21/h3-6,13,17H,2,7-11H2,1H3,(H,20,21). The molecule has 1 atom stereocenters. The summed E-state index contributed by atoms with van der Waals surface area (Å²) in [6, 6.07) is 6.59. The van der Waals surface area contributed by atoms with Gasteiger partial charge in [0.25, 0.3) is 0 Å². The molecule has 1 aliphatic heterocycles. The van der Waals surface area contributed by atoms with Crippen molar-refractivity contribution >= 4 is 21.9 Å². The van der Waals surface area contributed by atoms with Crippen LogP contribution >= 0.6 is 0 Å². The van der Waals surface area contributed by atoms with Crippen LogP contribution in [0.25, 0.3) is 0 Å². The lowest BCUT2D eigenvalue weighted by molar-refractivity contribution is -0.130. The SMILES string of the molecule is CCNS(=O)(=O)C1CCN(C(=O)CCc2ccccc2C(=O)O)C1. The van der Waals surface area contributed by atoms with Crippen LogP contribution in [0.4, 0.5) is 0 Å². The molecule has 1 heterocycles. The highest BCUT2D eigenvalue weighted by molar-refractivity contribution is 7.90. The topological polar surface area (TPSA) is 104 Å². The van der Waals surface area contributed by atoms with E-state index in [1.165, 1.54) is 6.07 Å². The highest BCUT2D eigenvalue weighted by atomic mass is 32.2. The van der Waals surface area contributed by atoms with Crippen molar-refractivity contribution in [3.63, 3.8) is 0 Å². The number of amides is 1. The summed E-state index contributed by atoms with van der Waals surface area (Å²) in [5, 5.41) is 8.57. The summed E-state index contributed by atoms with van der Waals surface area (Å²) in [6.45, 7) is 2.65. The summed E-state index contributed by atoms with van der Waals surface area (Å²) >= 11 is 0. The number of hydrogen-bond acceptors (Lipinski definition) is 4. The fourth-order valence-corrected chi connectivity index (χ4v) is 4.30. The van der Waals surface area contributed by atoms with Crippen LogP contribution in [0.15, 0.2) is 24.3 Å². The van der Waals surface area contributed by atoms with Crippen molar-refractivity contribution in [1.82, 2.24) is 9.62 Å². The zero-order valence-electron chi connectivity index (χ0n) is 13.6. The number of carboxylic acids is 1. The molecule has 0 saturated carbocycles. The molecule has 0 bridgehead atoms. The predicted molar refractivity (Wildman–Crippen MR) is 89.3 cm³/mol. The molecule has 0 aromatic heterocycles. The largest absolute Gasteiger partial charge is 0.478 e. The molecule has 0 aliphatic carbocycles. The van der Waals surface area contributed by atoms with Crippen molar-refractivity contribution in [1.29, 1.82) is 0 Å². The molecule has 2 N–H and O–H groups in total. The van der Waals surface area contributed by atoms with E-state index in [-0.39, 0.29) is 24.4 Å². The number of likely N-dealkylation sites (tertiary alicyclic amines) is 1. The molecule has 7 nitrogen and oxygen atoms in total. The maximum atomic E-state index is 12.3. The first-order valence-electron chi connectivity index (χ1n) is 7.92. The fraction of sp³-hybridized carbons (Fsp3) is 0.500. The minimum absolute atomic E-state index is 0.149. The molecule has 0 spiro atoms. The van der Waals surface area contributed by atoms with Gasteiger partial charge >= 0.3 is 5.97 Å². The van der Waals surface area contributed by atoms with E-state index in [4.69, 9.17) is 5.11 Å². The van der Waals surface area contributed by atoms with E-state index >= 15 is 0 Å². The summed E-state index contributed by atoms with van der Waals surface area (Å²) in [7, 11) is -3.38. The second-order valence-corrected chi connectivity index (χ2v) is 7.80. The van der Waals surface area contributed by atoms with E-state index < -0.39 is 21.2 Å². The molecular weight excluding hydrogens is 332 g/mol. The highest BCUT2D eigenvalue weighted by Gasteiger charge is 2.34. The molecule has 0 radical (unpaired) electrons. The molecule has 24 heavy (non-hydrogen) atoms. The molecule has 1 aliphatic rings. The fourth-order valence-electron chi connectivity index (χ4n) is 2.87. The molecule has 132 valence electrons. The Bertz CT molecular complexity index is 717. The Morgan fingerprint density at radius 2 is 2.04 bits per heavy atom. The molecular formula is C16H22N2O5S. The normalized spacial score (nSPS) is 17.9. The van der Waals surface area contributed by atoms with Crippen LogP contribution in [-0.4, -0.2) is 55.2 Å². The second kappa shape index (κ2) is 7.76. The summed E-state index contributed by atoms with van der Waals surface area (Å²) < 4.78 is 26.4. The molecule has 1 unspecified atom stereocenters. The first-order chi connectivity index (χ1) is 11.3. The minimum Gasteiger partial charge on any atom is -0.478 e. The van der Waals surface area contributed by atoms with Gasteiger partial charge in [-0.15, -0.1) is 0 Å². The van der Waals surface area contributed by atoms with Gasteiger partial charge in [0, 0.05) is 26.1 Å². The van der Waals surface area contributed by atoms with Crippen molar-refractivity contribution in [2.45, 2.75) is 31.4 Å². The quantitative estimate of drug-likeness (QED) is 0.756. The number of benzene rings is 1. The lowest BCUT2D eigenvalue weighted by atomic mass is 10.0. The Labute approximate surface area is 141 Å². The Balaban J connectivity index is 1.94. The minimum atomic E-state index is -3.38. The third kappa shape index (κ3) is 4.33. The molecule has 1 aromatic carbocycles. The molecule has 8 heteroatoms. The Kier molecular flexibility index (Phi) is 5.95. The number of carbonyl (C=O) groups is 2. The van der Waals surface area contributed by atoms with Gasteiger partial charge in [0.05, 0.1) is 10.8 Å². The average Bonchev–Trinajstić information content (AvgIpc) is 3.03. The van der Waals surface area contributed by atoms with Gasteiger partial charge in [-0.05, 0) is 24.5 Å². The van der Waals surface area contributed by atoms with Crippen LogP contribution in [0.2, 0.25) is 0 Å². The Morgan fingerprint density at radius 3 is 2.71 bits per heavy atom. The molecule has 1 amide bonds. The van der Waals surface area contributed by atoms with E-state index in [0.717, 1.165) is 0 Å². The van der Waals surface area contributed by atoms with Gasteiger partial charge in [-0.1, -0.05) is 25.1 Å². The number of rotatable bonds is 7. The second-order valence-electron chi connectivity index (χ2n) is 5.76. The molecule has 1 saturated heterocycles. The van der Waals surface area contributed by atoms with Crippen molar-refractivity contribution < 1.29 is 23.1 Å². The summed E-state index contributed by atoms with van der Waals surface area (Å²) in [6.07, 6.45) is 0.910. The number of aromatic carboxylic acids is 1. The summed E-state index contributed by atoms with van der Waals surface area (Å²) in [4.78, 5) is 25.0. The number of carboxylic acid groups (broad SMARTS) is 1. The van der Waals surface area contributed by atoms with Gasteiger partial charge in [-0.3, -0.25) is 4.79 Å². The number of nitrogens with one attached hydrogen (secondary N) is 1. The Morgan fingerprint density at radius 1 is 1.33 bits per heavy atom. The molecule has 1 aromatic rings. The van der Waals surface area contributed by atoms with Crippen LogP contribution in [0.3, 0.4) is 0 Å². The van der Waals surface area contributed by atoms with Gasteiger partial charge in [0.2, 0.25) is 15.9 Å². The lowest BCUT2D eigenvalue weighted by Gasteiger charge is -2.17. The monoisotopic (exact) mass is 354 g/mol. The maximum Gasteiger partial charge on any atom is 0.335 e. The van der Waals surface area contributed by atoms with Crippen molar-refractivity contribution in [3.05, 3.63) is 35.4 Å². The van der Waals surface area contributed by atoms with Crippen LogP contribution in [-0.2, 0) is 21.2 Å². The summed E-state index contributed by atoms with van der Waals surface area (Å²) in [5.41, 5.74) is 0.800. The maximum absolute atomic E-state index is 12.3. The zero-order valence-corrected chi connectivity index (χ0v) is 14.4. The third-order valence-electron chi connectivity index (χ3n) is 4.14. The lowest BCUT2D eigenvalue weighted by Crippen LogP contribution is -2.37. The third-order valence-corrected chi connectivity index (χ3v) is 6.09. The molecule has 2 rings (SSSR count). The van der Waals surface area contributed by atoms with E-state index in [2.05, 4.69) is 4.72 Å². The number of nitrogens with zero attached hydrogens (tertiary/aromatic N) is 1. The van der Waals surface area contributed by atoms with Crippen molar-refractivity contribution in [3.8, 4) is 0 Å². The van der Waals surface area contributed by atoms with Crippen molar-refractivity contribution in [2.24, 2.45) is 0 Å². The van der Waals surface area contributed by atoms with Gasteiger partial charge in [-0.25, -0.2) is 17.9 Å².